The van der Waals surface area contributed by atoms with Crippen molar-refractivity contribution < 1.29 is 9.53 Å². The van der Waals surface area contributed by atoms with Crippen molar-refractivity contribution in [2.24, 2.45) is 0 Å². The molecular weight excluding hydrogens is 292 g/mol. The monoisotopic (exact) mass is 316 g/mol. The van der Waals surface area contributed by atoms with E-state index in [4.69, 9.17) is 4.74 Å². The van der Waals surface area contributed by atoms with E-state index in [0.717, 1.165) is 17.2 Å². The molecule has 1 atom stereocenters. The van der Waals surface area contributed by atoms with Gasteiger partial charge in [-0.2, -0.15) is 11.8 Å². The summed E-state index contributed by atoms with van der Waals surface area (Å²) in [5, 5.41) is 6.36. The summed E-state index contributed by atoms with van der Waals surface area (Å²) >= 11 is 3.56. The largest absolute Gasteiger partial charge is 0.466 e. The third kappa shape index (κ3) is 7.14. The highest BCUT2D eigenvalue weighted by Gasteiger charge is 2.08. The highest BCUT2D eigenvalue weighted by molar-refractivity contribution is 7.99. The highest BCUT2D eigenvalue weighted by atomic mass is 32.2. The Kier molecular flexibility index (Phi) is 8.69. The summed E-state index contributed by atoms with van der Waals surface area (Å²) in [6.45, 7) is 6.62. The first-order valence-electron chi connectivity index (χ1n) is 7.10. The van der Waals surface area contributed by atoms with Crippen LogP contribution in [0.25, 0.3) is 0 Å². The van der Waals surface area contributed by atoms with Crippen LogP contribution in [0.5, 0.6) is 0 Å². The van der Waals surface area contributed by atoms with Gasteiger partial charge >= 0.3 is 5.97 Å². The number of hydrogen-bond donors (Lipinski definition) is 1. The van der Waals surface area contributed by atoms with Crippen LogP contribution in [-0.4, -0.2) is 35.1 Å². The van der Waals surface area contributed by atoms with Crippen LogP contribution in [0, 0.1) is 0 Å². The molecule has 0 saturated heterocycles. The maximum Gasteiger partial charge on any atom is 0.306 e. The smallest absolute Gasteiger partial charge is 0.306 e. The Morgan fingerprint density at radius 3 is 3.05 bits per heavy atom. The van der Waals surface area contributed by atoms with Crippen molar-refractivity contribution in [1.29, 1.82) is 0 Å². The maximum absolute atomic E-state index is 11.3. The van der Waals surface area contributed by atoms with Gasteiger partial charge in [-0.1, -0.05) is 6.92 Å². The number of hydrogen-bond acceptors (Lipinski definition) is 6. The molecule has 0 amide bonds. The second-order valence-electron chi connectivity index (χ2n) is 4.48. The summed E-state index contributed by atoms with van der Waals surface area (Å²) in [5.74, 6) is 2.19. The minimum Gasteiger partial charge on any atom is -0.466 e. The molecule has 6 heteroatoms. The average molecular weight is 316 g/mol. The van der Waals surface area contributed by atoms with E-state index >= 15 is 0 Å². The van der Waals surface area contributed by atoms with Crippen LogP contribution in [0.1, 0.15) is 39.3 Å². The average Bonchev–Trinajstić information content (AvgIpc) is 2.85. The summed E-state index contributed by atoms with van der Waals surface area (Å²) in [6.07, 6.45) is 2.19. The van der Waals surface area contributed by atoms with Gasteiger partial charge in [-0.05, 0) is 31.8 Å². The Bertz CT molecular complexity index is 396. The summed E-state index contributed by atoms with van der Waals surface area (Å²) < 4.78 is 4.91. The van der Waals surface area contributed by atoms with Gasteiger partial charge in [-0.25, -0.2) is 4.98 Å². The molecule has 0 aliphatic rings. The van der Waals surface area contributed by atoms with E-state index in [1.165, 1.54) is 11.5 Å². The fourth-order valence-corrected chi connectivity index (χ4v) is 3.31. The van der Waals surface area contributed by atoms with E-state index < -0.39 is 0 Å². The number of carbonyl (C=O) groups is 1. The summed E-state index contributed by atoms with van der Waals surface area (Å²) in [4.78, 5) is 15.8. The normalized spacial score (nSPS) is 12.2. The lowest BCUT2D eigenvalue weighted by molar-refractivity contribution is -0.143. The molecule has 4 nitrogen and oxygen atoms in total. The first kappa shape index (κ1) is 17.3. The van der Waals surface area contributed by atoms with Crippen LogP contribution >= 0.6 is 23.1 Å². The van der Waals surface area contributed by atoms with Crippen LogP contribution < -0.4 is 5.32 Å². The quantitative estimate of drug-likeness (QED) is 0.528. The molecule has 1 heterocycles. The Labute approximate surface area is 129 Å². The molecule has 20 heavy (non-hydrogen) atoms. The lowest BCUT2D eigenvalue weighted by Gasteiger charge is -2.11. The topological polar surface area (TPSA) is 51.2 Å². The van der Waals surface area contributed by atoms with E-state index in [1.54, 1.807) is 11.3 Å². The number of ether oxygens (including phenoxy) is 1. The van der Waals surface area contributed by atoms with E-state index in [2.05, 4.69) is 24.1 Å². The molecular formula is C14H24N2O2S2. The maximum atomic E-state index is 11.3. The minimum absolute atomic E-state index is 0.153. The summed E-state index contributed by atoms with van der Waals surface area (Å²) in [5.41, 5.74) is 0.959. The van der Waals surface area contributed by atoms with Crippen molar-refractivity contribution in [2.45, 2.75) is 46.1 Å². The summed E-state index contributed by atoms with van der Waals surface area (Å²) in [6, 6.07) is 0.429. The summed E-state index contributed by atoms with van der Waals surface area (Å²) in [7, 11) is 0. The van der Waals surface area contributed by atoms with Crippen molar-refractivity contribution in [3.8, 4) is 0 Å². The van der Waals surface area contributed by atoms with Crippen molar-refractivity contribution >= 4 is 34.2 Å². The number of aryl methyl sites for hydroxylation is 1. The molecule has 0 aliphatic carbocycles. The Morgan fingerprint density at radius 2 is 2.35 bits per heavy atom. The third-order valence-electron chi connectivity index (χ3n) is 2.71. The van der Waals surface area contributed by atoms with Gasteiger partial charge in [-0.15, -0.1) is 11.3 Å². The van der Waals surface area contributed by atoms with E-state index in [-0.39, 0.29) is 5.97 Å². The number of thioether (sulfide) groups is 1. The van der Waals surface area contributed by atoms with Crippen molar-refractivity contribution in [2.75, 3.05) is 23.4 Å². The Morgan fingerprint density at radius 1 is 1.55 bits per heavy atom. The molecule has 1 aromatic heterocycles. The van der Waals surface area contributed by atoms with Gasteiger partial charge in [0, 0.05) is 17.8 Å². The first-order valence-corrected chi connectivity index (χ1v) is 9.13. The fourth-order valence-electron chi connectivity index (χ4n) is 1.64. The Balaban J connectivity index is 2.30. The molecule has 1 aromatic rings. The van der Waals surface area contributed by atoms with Crippen molar-refractivity contribution in [3.05, 3.63) is 11.1 Å². The van der Waals surface area contributed by atoms with Crippen molar-refractivity contribution in [1.82, 2.24) is 4.98 Å². The zero-order valence-electron chi connectivity index (χ0n) is 12.5. The number of thiazole rings is 1. The molecule has 1 N–H and O–H groups in total. The lowest BCUT2D eigenvalue weighted by Crippen LogP contribution is -2.15. The lowest BCUT2D eigenvalue weighted by atomic mass is 10.2. The van der Waals surface area contributed by atoms with Gasteiger partial charge in [0.05, 0.1) is 18.7 Å². The number of rotatable bonds is 10. The van der Waals surface area contributed by atoms with Gasteiger partial charge in [0.1, 0.15) is 0 Å². The number of anilines is 1. The van der Waals surface area contributed by atoms with Gasteiger partial charge in [0.15, 0.2) is 5.13 Å². The van der Waals surface area contributed by atoms with Crippen LogP contribution in [-0.2, 0) is 16.0 Å². The molecule has 0 aromatic carbocycles. The van der Waals surface area contributed by atoms with Crippen LogP contribution in [0.2, 0.25) is 0 Å². The van der Waals surface area contributed by atoms with Crippen LogP contribution in [0.4, 0.5) is 5.13 Å². The minimum atomic E-state index is -0.153. The number of esters is 1. The molecule has 0 spiro atoms. The SMILES string of the molecule is CCOC(=O)CCc1csc(NC(C)CCSCC)n1. The Hall–Kier alpha value is -0.750. The number of nitrogens with zero attached hydrogens (tertiary/aromatic N) is 1. The molecule has 0 fully saturated rings. The van der Waals surface area contributed by atoms with Crippen molar-refractivity contribution in [3.63, 3.8) is 0 Å². The molecule has 114 valence electrons. The molecule has 1 rings (SSSR count). The van der Waals surface area contributed by atoms with Gasteiger partial charge in [-0.3, -0.25) is 4.79 Å². The molecule has 0 saturated carbocycles. The highest BCUT2D eigenvalue weighted by Crippen LogP contribution is 2.18. The number of nitrogens with one attached hydrogen (secondary N) is 1. The second kappa shape index (κ2) is 10.0. The van der Waals surface area contributed by atoms with Gasteiger partial charge < -0.3 is 10.1 Å². The van der Waals surface area contributed by atoms with E-state index in [0.29, 0.717) is 25.5 Å². The predicted molar refractivity (Wildman–Crippen MR) is 87.8 cm³/mol. The van der Waals surface area contributed by atoms with Gasteiger partial charge in [0.25, 0.3) is 0 Å². The van der Waals surface area contributed by atoms with Crippen LogP contribution in [0.15, 0.2) is 5.38 Å². The van der Waals surface area contributed by atoms with E-state index in [9.17, 15) is 4.79 Å². The number of carbonyl (C=O) groups excluding carboxylic acids is 1. The number of aromatic nitrogens is 1. The second-order valence-corrected chi connectivity index (χ2v) is 6.73. The molecule has 1 unspecified atom stereocenters. The van der Waals surface area contributed by atoms with Crippen LogP contribution in [0.3, 0.4) is 0 Å². The molecule has 0 bridgehead atoms. The molecule has 0 radical (unpaired) electrons. The molecule has 0 aliphatic heterocycles. The fraction of sp³-hybridized carbons (Fsp3) is 0.714. The zero-order valence-corrected chi connectivity index (χ0v) is 14.1. The predicted octanol–water partition coefficient (Wildman–Crippen LogP) is 3.58. The standard InChI is InChI=1S/C14H24N2O2S2/c1-4-18-13(17)7-6-12-10-20-14(16-12)15-11(3)8-9-19-5-2/h10-11H,4-9H2,1-3H3,(H,15,16). The zero-order chi connectivity index (χ0) is 14.8. The first-order chi connectivity index (χ1) is 9.65. The third-order valence-corrected chi connectivity index (χ3v) is 4.47. The van der Waals surface area contributed by atoms with E-state index in [1.807, 2.05) is 24.1 Å². The van der Waals surface area contributed by atoms with Gasteiger partial charge in [0.2, 0.25) is 0 Å².